The molecule has 0 spiro atoms. The van der Waals surface area contributed by atoms with Gasteiger partial charge in [-0.1, -0.05) is 0 Å². The molecule has 1 heterocycles. The highest BCUT2D eigenvalue weighted by atomic mass is 32.2. The van der Waals surface area contributed by atoms with Crippen LogP contribution in [0.4, 0.5) is 4.79 Å². The summed E-state index contributed by atoms with van der Waals surface area (Å²) >= 11 is 1.38. The minimum Gasteiger partial charge on any atom is -0.450 e. The lowest BCUT2D eigenvalue weighted by Crippen LogP contribution is -2.50. The van der Waals surface area contributed by atoms with Crippen molar-refractivity contribution in [1.29, 1.82) is 0 Å². The predicted octanol–water partition coefficient (Wildman–Crippen LogP) is 2.57. The van der Waals surface area contributed by atoms with Gasteiger partial charge in [0.2, 0.25) is 0 Å². The number of nitrogens with one attached hydrogen (secondary N) is 2. The maximum atomic E-state index is 12.7. The molecule has 29 heavy (non-hydrogen) atoms. The summed E-state index contributed by atoms with van der Waals surface area (Å²) in [6.07, 6.45) is 4.72. The number of ketones is 1. The molecule has 9 heteroatoms. The van der Waals surface area contributed by atoms with Crippen LogP contribution in [0.15, 0.2) is 29.4 Å². The number of ether oxygens (including phenoxy) is 2. The zero-order valence-corrected chi connectivity index (χ0v) is 18.3. The molecule has 1 atom stereocenters. The van der Waals surface area contributed by atoms with Crippen LogP contribution in [0, 0.1) is 0 Å². The number of rotatable bonds is 13. The first-order valence-corrected chi connectivity index (χ1v) is 10.6. The van der Waals surface area contributed by atoms with Crippen LogP contribution in [-0.2, 0) is 19.1 Å². The van der Waals surface area contributed by atoms with Gasteiger partial charge < -0.3 is 20.1 Å². The monoisotopic (exact) mass is 425 g/mol. The number of aromatic nitrogens is 1. The number of pyridine rings is 1. The molecule has 1 aromatic rings. The van der Waals surface area contributed by atoms with Gasteiger partial charge in [-0.2, -0.15) is 0 Å². The van der Waals surface area contributed by atoms with Crippen LogP contribution >= 0.6 is 11.8 Å². The average molecular weight is 426 g/mol. The standard InChI is InChI=1S/C20H31N3O5S/c1-5-28-19(26)22-12-7-6-10-16(23-18(25)20(2,3)27-4)17(24)14-29-15-9-8-11-21-13-15/h8-9,11,13,16H,5-7,10,12,14H2,1-4H3,(H,22,26)(H,23,25)/t16-/m0/s1. The van der Waals surface area contributed by atoms with Crippen molar-refractivity contribution in [2.24, 2.45) is 0 Å². The van der Waals surface area contributed by atoms with E-state index in [4.69, 9.17) is 9.47 Å². The Morgan fingerprint density at radius 1 is 1.28 bits per heavy atom. The van der Waals surface area contributed by atoms with Gasteiger partial charge in [0.15, 0.2) is 5.78 Å². The molecule has 0 saturated carbocycles. The number of carbonyl (C=O) groups is 3. The topological polar surface area (TPSA) is 107 Å². The summed E-state index contributed by atoms with van der Waals surface area (Å²) in [6, 6.07) is 3.07. The number of thioether (sulfide) groups is 1. The zero-order chi connectivity index (χ0) is 21.7. The first-order valence-electron chi connectivity index (χ1n) is 9.62. The van der Waals surface area contributed by atoms with Crippen LogP contribution in [0.5, 0.6) is 0 Å². The van der Waals surface area contributed by atoms with Crippen LogP contribution in [-0.4, -0.2) is 60.4 Å². The minimum atomic E-state index is -1.03. The number of hydrogen-bond acceptors (Lipinski definition) is 7. The van der Waals surface area contributed by atoms with E-state index in [0.717, 1.165) is 4.90 Å². The molecular weight excluding hydrogens is 394 g/mol. The van der Waals surface area contributed by atoms with E-state index in [1.165, 1.54) is 18.9 Å². The Morgan fingerprint density at radius 3 is 2.66 bits per heavy atom. The van der Waals surface area contributed by atoms with E-state index in [9.17, 15) is 14.4 Å². The molecular formula is C20H31N3O5S. The Morgan fingerprint density at radius 2 is 2.03 bits per heavy atom. The summed E-state index contributed by atoms with van der Waals surface area (Å²) in [5, 5.41) is 5.45. The molecule has 2 N–H and O–H groups in total. The van der Waals surface area contributed by atoms with Gasteiger partial charge >= 0.3 is 6.09 Å². The second-order valence-corrected chi connectivity index (χ2v) is 7.88. The maximum absolute atomic E-state index is 12.7. The average Bonchev–Trinajstić information content (AvgIpc) is 2.71. The number of Topliss-reactive ketones (excluding diaryl/α,β-unsaturated/α-hetero) is 1. The summed E-state index contributed by atoms with van der Waals surface area (Å²) in [4.78, 5) is 41.4. The van der Waals surface area contributed by atoms with Crippen molar-refractivity contribution in [3.8, 4) is 0 Å². The second-order valence-electron chi connectivity index (χ2n) is 6.83. The van der Waals surface area contributed by atoms with Crippen LogP contribution in [0.2, 0.25) is 0 Å². The van der Waals surface area contributed by atoms with E-state index < -0.39 is 17.7 Å². The van der Waals surface area contributed by atoms with Crippen molar-refractivity contribution in [3.05, 3.63) is 24.5 Å². The summed E-state index contributed by atoms with van der Waals surface area (Å²) in [7, 11) is 1.45. The highest BCUT2D eigenvalue weighted by Crippen LogP contribution is 2.18. The fraction of sp³-hybridized carbons (Fsp3) is 0.600. The Labute approximate surface area is 176 Å². The highest BCUT2D eigenvalue weighted by molar-refractivity contribution is 8.00. The third-order valence-electron chi connectivity index (χ3n) is 4.23. The number of hydrogen-bond donors (Lipinski definition) is 2. The lowest BCUT2D eigenvalue weighted by atomic mass is 10.0. The zero-order valence-electron chi connectivity index (χ0n) is 17.5. The molecule has 1 rings (SSSR count). The van der Waals surface area contributed by atoms with Crippen molar-refractivity contribution in [3.63, 3.8) is 0 Å². The fourth-order valence-corrected chi connectivity index (χ4v) is 3.09. The number of alkyl carbamates (subject to hydrolysis) is 1. The number of carbonyl (C=O) groups excluding carboxylic acids is 3. The predicted molar refractivity (Wildman–Crippen MR) is 112 cm³/mol. The molecule has 1 aromatic heterocycles. The molecule has 0 aliphatic carbocycles. The smallest absolute Gasteiger partial charge is 0.407 e. The maximum Gasteiger partial charge on any atom is 0.407 e. The van der Waals surface area contributed by atoms with Gasteiger partial charge in [-0.05, 0) is 52.2 Å². The van der Waals surface area contributed by atoms with Crippen LogP contribution in [0.25, 0.3) is 0 Å². The molecule has 0 bridgehead atoms. The van der Waals surface area contributed by atoms with E-state index in [1.54, 1.807) is 33.2 Å². The molecule has 0 fully saturated rings. The van der Waals surface area contributed by atoms with Gasteiger partial charge in [-0.3, -0.25) is 14.6 Å². The molecule has 0 aliphatic heterocycles. The van der Waals surface area contributed by atoms with E-state index in [0.29, 0.717) is 32.4 Å². The van der Waals surface area contributed by atoms with E-state index in [-0.39, 0.29) is 17.4 Å². The summed E-state index contributed by atoms with van der Waals surface area (Å²) in [5.41, 5.74) is -1.03. The van der Waals surface area contributed by atoms with E-state index in [1.807, 2.05) is 12.1 Å². The van der Waals surface area contributed by atoms with Crippen molar-refractivity contribution < 1.29 is 23.9 Å². The van der Waals surface area contributed by atoms with E-state index >= 15 is 0 Å². The Hall–Kier alpha value is -2.13. The number of methoxy groups -OCH3 is 1. The lowest BCUT2D eigenvalue weighted by Gasteiger charge is -2.25. The number of amides is 2. The highest BCUT2D eigenvalue weighted by Gasteiger charge is 2.30. The van der Waals surface area contributed by atoms with Crippen LogP contribution in [0.3, 0.4) is 0 Å². The van der Waals surface area contributed by atoms with Gasteiger partial charge in [0.25, 0.3) is 5.91 Å². The van der Waals surface area contributed by atoms with Gasteiger partial charge in [-0.25, -0.2) is 4.79 Å². The van der Waals surface area contributed by atoms with Crippen molar-refractivity contribution in [2.75, 3.05) is 26.0 Å². The first kappa shape index (κ1) is 24.9. The molecule has 8 nitrogen and oxygen atoms in total. The third kappa shape index (κ3) is 9.76. The van der Waals surface area contributed by atoms with Gasteiger partial charge in [0.1, 0.15) is 5.60 Å². The summed E-state index contributed by atoms with van der Waals surface area (Å²) < 4.78 is 10.0. The normalized spacial score (nSPS) is 12.1. The number of nitrogens with zero attached hydrogens (tertiary/aromatic N) is 1. The van der Waals surface area contributed by atoms with Gasteiger partial charge in [0.05, 0.1) is 18.4 Å². The van der Waals surface area contributed by atoms with Gasteiger partial charge in [0, 0.05) is 30.9 Å². The molecule has 2 amide bonds. The van der Waals surface area contributed by atoms with Crippen LogP contribution in [0.1, 0.15) is 40.0 Å². The molecule has 162 valence electrons. The molecule has 0 unspecified atom stereocenters. The van der Waals surface area contributed by atoms with Crippen molar-refractivity contribution in [1.82, 2.24) is 15.6 Å². The molecule has 0 saturated heterocycles. The largest absolute Gasteiger partial charge is 0.450 e. The van der Waals surface area contributed by atoms with Crippen molar-refractivity contribution in [2.45, 2.75) is 56.6 Å². The van der Waals surface area contributed by atoms with Gasteiger partial charge in [-0.15, -0.1) is 11.8 Å². The molecule has 0 radical (unpaired) electrons. The Bertz CT molecular complexity index is 655. The van der Waals surface area contributed by atoms with Crippen LogP contribution < -0.4 is 10.6 Å². The van der Waals surface area contributed by atoms with E-state index in [2.05, 4.69) is 15.6 Å². The summed E-state index contributed by atoms with van der Waals surface area (Å²) in [6.45, 7) is 5.80. The minimum absolute atomic E-state index is 0.0718. The van der Waals surface area contributed by atoms with Crippen molar-refractivity contribution >= 4 is 29.5 Å². The lowest BCUT2D eigenvalue weighted by molar-refractivity contribution is -0.141. The SMILES string of the molecule is CCOC(=O)NCCCC[C@H](NC(=O)C(C)(C)OC)C(=O)CSc1cccnc1. The fourth-order valence-electron chi connectivity index (χ4n) is 2.27. The Balaban J connectivity index is 2.59. The second kappa shape index (κ2) is 13.2. The molecule has 0 aliphatic rings. The summed E-state index contributed by atoms with van der Waals surface area (Å²) in [5.74, 6) is -0.183. The molecule has 0 aromatic carbocycles. The third-order valence-corrected chi connectivity index (χ3v) is 5.23. The quantitative estimate of drug-likeness (QED) is 0.369. The first-order chi connectivity index (χ1) is 13.8. The number of unbranched alkanes of at least 4 members (excludes halogenated alkanes) is 1. The Kier molecular flexibility index (Phi) is 11.3.